The van der Waals surface area contributed by atoms with Crippen molar-refractivity contribution in [3.8, 4) is 11.5 Å². The molecule has 9 heteroatoms. The Balaban J connectivity index is 1.26. The molecule has 4 saturated carbocycles. The van der Waals surface area contributed by atoms with Crippen LogP contribution in [0, 0.1) is 29.5 Å². The van der Waals surface area contributed by atoms with Crippen molar-refractivity contribution in [3.05, 3.63) is 23.5 Å². The maximum atomic E-state index is 15.0. The van der Waals surface area contributed by atoms with Gasteiger partial charge in [0.05, 0.1) is 37.2 Å². The molecule has 0 aromatic heterocycles. The van der Waals surface area contributed by atoms with Gasteiger partial charge in [-0.1, -0.05) is 19.3 Å². The van der Waals surface area contributed by atoms with Crippen LogP contribution in [-0.2, 0) is 14.3 Å². The summed E-state index contributed by atoms with van der Waals surface area (Å²) >= 11 is 0. The molecule has 2 N–H and O–H groups in total. The number of nitrogens with one attached hydrogen (secondary N) is 2. The van der Waals surface area contributed by atoms with Crippen LogP contribution >= 0.6 is 0 Å². The summed E-state index contributed by atoms with van der Waals surface area (Å²) in [5.74, 6) is -0.894. The van der Waals surface area contributed by atoms with E-state index in [2.05, 4.69) is 10.6 Å². The molecule has 1 aromatic rings. The maximum Gasteiger partial charge on any atom is 0.308 e. The van der Waals surface area contributed by atoms with Crippen LogP contribution in [0.3, 0.4) is 0 Å². The van der Waals surface area contributed by atoms with Crippen molar-refractivity contribution in [1.82, 2.24) is 10.6 Å². The van der Waals surface area contributed by atoms with E-state index in [4.69, 9.17) is 14.2 Å². The Morgan fingerprint density at radius 3 is 2.33 bits per heavy atom. The molecule has 4 atom stereocenters. The van der Waals surface area contributed by atoms with Crippen LogP contribution in [0.1, 0.15) is 94.3 Å². The summed E-state index contributed by atoms with van der Waals surface area (Å²) in [5.41, 5.74) is 0.188. The molecule has 40 heavy (non-hydrogen) atoms. The molecule has 1 aromatic carbocycles. The molecule has 0 heterocycles. The highest BCUT2D eigenvalue weighted by Gasteiger charge is 2.51. The molecule has 0 spiro atoms. The number of esters is 1. The number of halogens is 1. The summed E-state index contributed by atoms with van der Waals surface area (Å²) in [5, 5.41) is 6.42. The highest BCUT2D eigenvalue weighted by atomic mass is 19.1. The van der Waals surface area contributed by atoms with E-state index in [-0.39, 0.29) is 76.7 Å². The van der Waals surface area contributed by atoms with Crippen LogP contribution in [0.15, 0.2) is 12.1 Å². The number of carbonyl (C=O) groups is 3. The van der Waals surface area contributed by atoms with Gasteiger partial charge in [0.2, 0.25) is 5.91 Å². The molecule has 4 fully saturated rings. The molecule has 5 rings (SSSR count). The van der Waals surface area contributed by atoms with E-state index in [1.807, 2.05) is 0 Å². The van der Waals surface area contributed by atoms with Crippen molar-refractivity contribution >= 4 is 17.8 Å². The van der Waals surface area contributed by atoms with Crippen molar-refractivity contribution in [2.24, 2.45) is 23.7 Å². The fourth-order valence-electron chi connectivity index (χ4n) is 7.48. The predicted octanol–water partition coefficient (Wildman–Crippen LogP) is 4.93. The second-order valence-electron chi connectivity index (χ2n) is 12.0. The van der Waals surface area contributed by atoms with Gasteiger partial charge in [-0.15, -0.1) is 0 Å². The average molecular weight is 559 g/mol. The zero-order valence-corrected chi connectivity index (χ0v) is 23.7. The minimum Gasteiger partial charge on any atom is -0.496 e. The minimum atomic E-state index is -0.606. The van der Waals surface area contributed by atoms with Gasteiger partial charge in [0.1, 0.15) is 5.75 Å². The number of carbonyl (C=O) groups excluding carboxylic acids is 3. The summed E-state index contributed by atoms with van der Waals surface area (Å²) in [4.78, 5) is 39.0. The standard InChI is InChI=1S/C31H43FN2O6/c1-3-39-31(37)18-11-13-22(14-12-18)40-26-16-23(25(38-2)17-24(26)32)29(35)34-28-20-10-9-19(15-20)27(28)30(36)33-21-7-5-4-6-8-21/h16-22,27-28H,3-15H2,1-2H3,(H,33,36)(H,34,35)/t18?,19-,20+,22?,27+,28-/m1/s1. The lowest BCUT2D eigenvalue weighted by molar-refractivity contribution is -0.149. The van der Waals surface area contributed by atoms with E-state index in [1.54, 1.807) is 6.92 Å². The summed E-state index contributed by atoms with van der Waals surface area (Å²) < 4.78 is 31.5. The van der Waals surface area contributed by atoms with Crippen LogP contribution < -0.4 is 20.1 Å². The third-order valence-corrected chi connectivity index (χ3v) is 9.55. The number of hydrogen-bond acceptors (Lipinski definition) is 6. The van der Waals surface area contributed by atoms with E-state index >= 15 is 0 Å². The SMILES string of the molecule is CCOC(=O)C1CCC(Oc2cc(C(=O)N[C@@H]3[C@H]4CC[C@H](C4)[C@@H]3C(=O)NC3CCCCC3)c(OC)cc2F)CC1. The Labute approximate surface area is 236 Å². The quantitative estimate of drug-likeness (QED) is 0.417. The lowest BCUT2D eigenvalue weighted by Gasteiger charge is -2.33. The maximum absolute atomic E-state index is 15.0. The lowest BCUT2D eigenvalue weighted by atomic mass is 9.83. The fourth-order valence-corrected chi connectivity index (χ4v) is 7.48. The summed E-state index contributed by atoms with van der Waals surface area (Å²) in [6.45, 7) is 2.14. The van der Waals surface area contributed by atoms with Crippen LogP contribution in [0.25, 0.3) is 0 Å². The molecule has 4 aliphatic carbocycles. The number of methoxy groups -OCH3 is 1. The van der Waals surface area contributed by atoms with E-state index < -0.39 is 5.82 Å². The van der Waals surface area contributed by atoms with Crippen LogP contribution in [0.5, 0.6) is 11.5 Å². The number of rotatable bonds is 9. The van der Waals surface area contributed by atoms with Gasteiger partial charge in [-0.25, -0.2) is 4.39 Å². The van der Waals surface area contributed by atoms with Gasteiger partial charge in [0.25, 0.3) is 5.91 Å². The highest BCUT2D eigenvalue weighted by molar-refractivity contribution is 5.98. The van der Waals surface area contributed by atoms with E-state index in [0.717, 1.165) is 44.9 Å². The molecule has 2 amide bonds. The van der Waals surface area contributed by atoms with Crippen molar-refractivity contribution < 1.29 is 33.0 Å². The van der Waals surface area contributed by atoms with Gasteiger partial charge in [-0.3, -0.25) is 14.4 Å². The van der Waals surface area contributed by atoms with Gasteiger partial charge in [0, 0.05) is 18.2 Å². The number of ether oxygens (including phenoxy) is 3. The lowest BCUT2D eigenvalue weighted by Crippen LogP contribution is -2.51. The Kier molecular flexibility index (Phi) is 9.16. The molecule has 4 aliphatic rings. The second kappa shape index (κ2) is 12.8. The fraction of sp³-hybridized carbons (Fsp3) is 0.710. The zero-order chi connectivity index (χ0) is 28.2. The first-order valence-electron chi connectivity index (χ1n) is 15.2. The Morgan fingerprint density at radius 1 is 0.900 bits per heavy atom. The minimum absolute atomic E-state index is 0.00920. The zero-order valence-electron chi connectivity index (χ0n) is 23.7. The summed E-state index contributed by atoms with van der Waals surface area (Å²) in [6.07, 6.45) is 10.6. The number of amides is 2. The Morgan fingerprint density at radius 2 is 1.62 bits per heavy atom. The molecular weight excluding hydrogens is 515 g/mol. The Bertz CT molecular complexity index is 1080. The molecular formula is C31H43FN2O6. The summed E-state index contributed by atoms with van der Waals surface area (Å²) in [6, 6.07) is 2.56. The van der Waals surface area contributed by atoms with Crippen LogP contribution in [-0.4, -0.2) is 49.7 Å². The van der Waals surface area contributed by atoms with E-state index in [1.165, 1.54) is 25.7 Å². The molecule has 2 bridgehead atoms. The highest BCUT2D eigenvalue weighted by Crippen LogP contribution is 2.49. The molecule has 0 unspecified atom stereocenters. The van der Waals surface area contributed by atoms with Gasteiger partial charge < -0.3 is 24.8 Å². The van der Waals surface area contributed by atoms with Crippen molar-refractivity contribution in [1.29, 1.82) is 0 Å². The third-order valence-electron chi connectivity index (χ3n) is 9.55. The first-order valence-corrected chi connectivity index (χ1v) is 15.2. The van der Waals surface area contributed by atoms with Crippen molar-refractivity contribution in [2.75, 3.05) is 13.7 Å². The third kappa shape index (κ3) is 6.23. The molecule has 0 radical (unpaired) electrons. The van der Waals surface area contributed by atoms with Crippen LogP contribution in [0.2, 0.25) is 0 Å². The molecule has 8 nitrogen and oxygen atoms in total. The first-order chi connectivity index (χ1) is 19.4. The van der Waals surface area contributed by atoms with Gasteiger partial charge >= 0.3 is 5.97 Å². The van der Waals surface area contributed by atoms with Gasteiger partial charge in [-0.2, -0.15) is 0 Å². The number of benzene rings is 1. The monoisotopic (exact) mass is 558 g/mol. The normalized spacial score (nSPS) is 30.0. The molecule has 220 valence electrons. The number of fused-ring (bicyclic) bond motifs is 2. The Hall–Kier alpha value is -2.84. The average Bonchev–Trinajstić information content (AvgIpc) is 3.57. The molecule has 0 aliphatic heterocycles. The smallest absolute Gasteiger partial charge is 0.308 e. The van der Waals surface area contributed by atoms with Gasteiger partial charge in [0.15, 0.2) is 11.6 Å². The van der Waals surface area contributed by atoms with Crippen molar-refractivity contribution in [2.45, 2.75) is 102 Å². The van der Waals surface area contributed by atoms with E-state index in [9.17, 15) is 18.8 Å². The first kappa shape index (κ1) is 28.7. The van der Waals surface area contributed by atoms with Crippen molar-refractivity contribution in [3.63, 3.8) is 0 Å². The van der Waals surface area contributed by atoms with E-state index in [0.29, 0.717) is 32.3 Å². The van der Waals surface area contributed by atoms with Gasteiger partial charge in [-0.05, 0) is 82.6 Å². The molecule has 0 saturated heterocycles. The second-order valence-corrected chi connectivity index (χ2v) is 12.0. The predicted molar refractivity (Wildman–Crippen MR) is 147 cm³/mol. The number of hydrogen-bond donors (Lipinski definition) is 2. The topological polar surface area (TPSA) is 103 Å². The largest absolute Gasteiger partial charge is 0.496 e. The summed E-state index contributed by atoms with van der Waals surface area (Å²) in [7, 11) is 1.40. The van der Waals surface area contributed by atoms with Crippen LogP contribution in [0.4, 0.5) is 4.39 Å².